The van der Waals surface area contributed by atoms with Crippen molar-refractivity contribution in [2.24, 2.45) is 5.10 Å². The third-order valence-corrected chi connectivity index (χ3v) is 3.03. The average molecular weight is 370 g/mol. The molecule has 10 nitrogen and oxygen atoms in total. The number of carbonyl (C=O) groups excluding carboxylic acids is 1. The van der Waals surface area contributed by atoms with Crippen LogP contribution in [0.3, 0.4) is 0 Å². The minimum absolute atomic E-state index is 0.0152. The molecule has 1 heterocycles. The molecule has 22 heavy (non-hydrogen) atoms. The number of methoxy groups -OCH3 is 1. The molecule has 0 aliphatic rings. The lowest BCUT2D eigenvalue weighted by Gasteiger charge is -2.06. The van der Waals surface area contributed by atoms with Gasteiger partial charge >= 0.3 is 0 Å². The first-order valence-electron chi connectivity index (χ1n) is 5.91. The number of hydrazone groups is 1. The Kier molecular flexibility index (Phi) is 4.88. The molecule has 4 N–H and O–H groups in total. The normalized spacial score (nSPS) is 10.8. The number of rotatable bonds is 5. The largest absolute Gasteiger partial charge is 0.503 e. The van der Waals surface area contributed by atoms with Gasteiger partial charge in [0, 0.05) is 0 Å². The molecule has 1 aromatic heterocycles. The summed E-state index contributed by atoms with van der Waals surface area (Å²) in [7, 11) is 1.43. The zero-order chi connectivity index (χ0) is 16.1. The molecule has 11 heteroatoms. The fraction of sp³-hybridized carbons (Fsp3) is 0.182. The second kappa shape index (κ2) is 6.85. The number of nitrogens with two attached hydrogens (primary N) is 1. The molecule has 2 aromatic rings. The number of nitrogens with zero attached hydrogens (tertiary/aromatic N) is 5. The van der Waals surface area contributed by atoms with Crippen molar-refractivity contribution in [1.82, 2.24) is 25.6 Å². The molecule has 2 rings (SSSR count). The number of carbonyl (C=O) groups is 1. The van der Waals surface area contributed by atoms with Crippen LogP contribution in [0.5, 0.6) is 11.5 Å². The van der Waals surface area contributed by atoms with E-state index in [4.69, 9.17) is 10.5 Å². The van der Waals surface area contributed by atoms with E-state index in [2.05, 4.69) is 41.9 Å². The molecular formula is C11H12BrN7O3. The highest BCUT2D eigenvalue weighted by atomic mass is 79.9. The highest BCUT2D eigenvalue weighted by Gasteiger charge is 2.08. The molecule has 0 saturated heterocycles. The standard InChI is InChI=1S/C11H12BrN7O3/c1-22-8-3-6(2-7(12)10(8)21)4-14-15-9(20)5-19-17-11(13)16-18-19/h2-4,21H,5H2,1H3,(H2,13,17)(H,15,20). The van der Waals surface area contributed by atoms with E-state index in [0.717, 1.165) is 4.80 Å². The van der Waals surface area contributed by atoms with E-state index in [9.17, 15) is 9.90 Å². The number of nitrogens with one attached hydrogen (secondary N) is 1. The zero-order valence-corrected chi connectivity index (χ0v) is 13.0. The molecule has 0 aliphatic carbocycles. The van der Waals surface area contributed by atoms with Gasteiger partial charge in [-0.3, -0.25) is 4.79 Å². The molecule has 0 spiro atoms. The molecule has 0 bridgehead atoms. The number of benzene rings is 1. The minimum Gasteiger partial charge on any atom is -0.503 e. The van der Waals surface area contributed by atoms with E-state index < -0.39 is 5.91 Å². The molecule has 1 aromatic carbocycles. The van der Waals surface area contributed by atoms with E-state index in [1.165, 1.54) is 13.3 Å². The first-order chi connectivity index (χ1) is 10.5. The predicted molar refractivity (Wildman–Crippen MR) is 80.3 cm³/mol. The van der Waals surface area contributed by atoms with Gasteiger partial charge < -0.3 is 15.6 Å². The zero-order valence-electron chi connectivity index (χ0n) is 11.4. The number of tetrazole rings is 1. The predicted octanol–water partition coefficient (Wildman–Crippen LogP) is -0.118. The second-order valence-corrected chi connectivity index (χ2v) is 4.88. The summed E-state index contributed by atoms with van der Waals surface area (Å²) >= 11 is 3.19. The van der Waals surface area contributed by atoms with E-state index >= 15 is 0 Å². The molecule has 0 fully saturated rings. The number of ether oxygens (including phenoxy) is 1. The van der Waals surface area contributed by atoms with Crippen LogP contribution in [0, 0.1) is 0 Å². The van der Waals surface area contributed by atoms with Gasteiger partial charge in [-0.15, -0.1) is 5.10 Å². The van der Waals surface area contributed by atoms with Crippen molar-refractivity contribution < 1.29 is 14.6 Å². The number of anilines is 1. The van der Waals surface area contributed by atoms with Gasteiger partial charge in [0.05, 0.1) is 17.8 Å². The molecule has 0 radical (unpaired) electrons. The molecular weight excluding hydrogens is 358 g/mol. The number of amides is 1. The van der Waals surface area contributed by atoms with E-state index in [1.54, 1.807) is 12.1 Å². The Morgan fingerprint density at radius 2 is 2.41 bits per heavy atom. The third-order valence-electron chi connectivity index (χ3n) is 2.43. The number of aromatic nitrogens is 4. The van der Waals surface area contributed by atoms with Gasteiger partial charge in [0.25, 0.3) is 11.9 Å². The van der Waals surface area contributed by atoms with E-state index in [0.29, 0.717) is 10.0 Å². The highest BCUT2D eigenvalue weighted by Crippen LogP contribution is 2.34. The van der Waals surface area contributed by atoms with Crippen LogP contribution in [-0.4, -0.2) is 44.5 Å². The van der Waals surface area contributed by atoms with Crippen molar-refractivity contribution in [3.05, 3.63) is 22.2 Å². The van der Waals surface area contributed by atoms with Gasteiger partial charge in [-0.25, -0.2) is 5.43 Å². The van der Waals surface area contributed by atoms with Crippen LogP contribution < -0.4 is 15.9 Å². The van der Waals surface area contributed by atoms with Gasteiger partial charge in [0.1, 0.15) is 6.54 Å². The summed E-state index contributed by atoms with van der Waals surface area (Å²) in [5, 5.41) is 24.1. The molecule has 0 saturated carbocycles. The number of halogens is 1. The van der Waals surface area contributed by atoms with Gasteiger partial charge in [-0.2, -0.15) is 9.90 Å². The van der Waals surface area contributed by atoms with Crippen molar-refractivity contribution >= 4 is 34.0 Å². The number of phenols is 1. The first kappa shape index (κ1) is 15.7. The van der Waals surface area contributed by atoms with Crippen molar-refractivity contribution in [2.75, 3.05) is 12.8 Å². The summed E-state index contributed by atoms with van der Waals surface area (Å²) in [5.41, 5.74) is 8.20. The summed E-state index contributed by atoms with van der Waals surface area (Å²) in [6, 6.07) is 3.18. The van der Waals surface area contributed by atoms with Crippen LogP contribution in [0.25, 0.3) is 0 Å². The van der Waals surface area contributed by atoms with Gasteiger partial charge in [0.2, 0.25) is 0 Å². The lowest BCUT2D eigenvalue weighted by molar-refractivity contribution is -0.122. The maximum Gasteiger partial charge on any atom is 0.263 e. The smallest absolute Gasteiger partial charge is 0.263 e. The third kappa shape index (κ3) is 3.91. The van der Waals surface area contributed by atoms with Gasteiger partial charge in [0.15, 0.2) is 11.5 Å². The Morgan fingerprint density at radius 1 is 1.64 bits per heavy atom. The maximum atomic E-state index is 11.6. The summed E-state index contributed by atoms with van der Waals surface area (Å²) in [5.74, 6) is -0.196. The second-order valence-electron chi connectivity index (χ2n) is 4.02. The fourth-order valence-corrected chi connectivity index (χ4v) is 1.95. The summed E-state index contributed by atoms with van der Waals surface area (Å²) in [6.45, 7) is -0.163. The van der Waals surface area contributed by atoms with Crippen LogP contribution in [0.4, 0.5) is 5.95 Å². The number of hydrogen-bond acceptors (Lipinski definition) is 8. The van der Waals surface area contributed by atoms with Crippen LogP contribution in [0.2, 0.25) is 0 Å². The van der Waals surface area contributed by atoms with Crippen LogP contribution in [0.15, 0.2) is 21.7 Å². The van der Waals surface area contributed by atoms with Crippen LogP contribution in [-0.2, 0) is 11.3 Å². The SMILES string of the molecule is COc1cc(C=NNC(=O)Cn2nnc(N)n2)cc(Br)c1O. The molecule has 0 aliphatic heterocycles. The monoisotopic (exact) mass is 369 g/mol. The highest BCUT2D eigenvalue weighted by molar-refractivity contribution is 9.10. The molecule has 116 valence electrons. The summed E-state index contributed by atoms with van der Waals surface area (Å²) in [4.78, 5) is 12.6. The van der Waals surface area contributed by atoms with Gasteiger partial charge in [-0.1, -0.05) is 5.10 Å². The summed E-state index contributed by atoms with van der Waals surface area (Å²) < 4.78 is 5.45. The Bertz CT molecular complexity index is 716. The number of aromatic hydroxyl groups is 1. The Labute approximate surface area is 133 Å². The number of hydrogen-bond donors (Lipinski definition) is 3. The molecule has 1 amide bonds. The van der Waals surface area contributed by atoms with Crippen molar-refractivity contribution in [1.29, 1.82) is 0 Å². The van der Waals surface area contributed by atoms with E-state index in [1.807, 2.05) is 0 Å². The Balaban J connectivity index is 1.97. The lowest BCUT2D eigenvalue weighted by atomic mass is 10.2. The van der Waals surface area contributed by atoms with Crippen LogP contribution >= 0.6 is 15.9 Å². The topological polar surface area (TPSA) is 141 Å². The average Bonchev–Trinajstić information content (AvgIpc) is 2.87. The minimum atomic E-state index is -0.446. The quantitative estimate of drug-likeness (QED) is 0.492. The number of nitrogen functional groups attached to an aromatic ring is 1. The number of phenolic OH excluding ortho intramolecular Hbond substituents is 1. The lowest BCUT2D eigenvalue weighted by Crippen LogP contribution is -2.24. The molecule has 0 unspecified atom stereocenters. The van der Waals surface area contributed by atoms with Crippen LogP contribution in [0.1, 0.15) is 5.56 Å². The van der Waals surface area contributed by atoms with Crippen molar-refractivity contribution in [3.63, 3.8) is 0 Å². The fourth-order valence-electron chi connectivity index (χ4n) is 1.49. The molecule has 0 atom stereocenters. The first-order valence-corrected chi connectivity index (χ1v) is 6.70. The maximum absolute atomic E-state index is 11.6. The van der Waals surface area contributed by atoms with Gasteiger partial charge in [-0.05, 0) is 38.8 Å². The Hall–Kier alpha value is -2.69. The van der Waals surface area contributed by atoms with Crippen molar-refractivity contribution in [3.8, 4) is 11.5 Å². The Morgan fingerprint density at radius 3 is 3.05 bits per heavy atom. The van der Waals surface area contributed by atoms with Crippen molar-refractivity contribution in [2.45, 2.75) is 6.54 Å². The summed E-state index contributed by atoms with van der Waals surface area (Å²) in [6.07, 6.45) is 1.40. The van der Waals surface area contributed by atoms with E-state index in [-0.39, 0.29) is 24.0 Å².